The average Bonchev–Trinajstić information content (AvgIpc) is 2.49. The van der Waals surface area contributed by atoms with Crippen LogP contribution in [0.1, 0.15) is 25.3 Å². The number of carbonyl (C=O) groups excluding carboxylic acids is 1. The number of nitrogens with one attached hydrogen (secondary N) is 1. The summed E-state index contributed by atoms with van der Waals surface area (Å²) in [6.45, 7) is 3.19. The van der Waals surface area contributed by atoms with Crippen molar-refractivity contribution < 1.29 is 9.53 Å². The SMILES string of the molecule is CCC(CNC(=O)CC(CN)OC)Cc1cccc(Br)c1. The van der Waals surface area contributed by atoms with Crippen LogP contribution in [0.15, 0.2) is 28.7 Å². The highest BCUT2D eigenvalue weighted by atomic mass is 79.9. The Morgan fingerprint density at radius 2 is 2.24 bits per heavy atom. The van der Waals surface area contributed by atoms with Crippen LogP contribution in [0.5, 0.6) is 0 Å². The fourth-order valence-electron chi connectivity index (χ4n) is 2.16. The number of hydrogen-bond donors (Lipinski definition) is 2. The van der Waals surface area contributed by atoms with Crippen LogP contribution < -0.4 is 11.1 Å². The molecule has 1 rings (SSSR count). The molecule has 0 bridgehead atoms. The number of carbonyl (C=O) groups is 1. The van der Waals surface area contributed by atoms with Gasteiger partial charge < -0.3 is 15.8 Å². The summed E-state index contributed by atoms with van der Waals surface area (Å²) in [7, 11) is 1.58. The lowest BCUT2D eigenvalue weighted by molar-refractivity contribution is -0.123. The Hall–Kier alpha value is -0.910. The van der Waals surface area contributed by atoms with Gasteiger partial charge in [-0.2, -0.15) is 0 Å². The van der Waals surface area contributed by atoms with Gasteiger partial charge in [0.05, 0.1) is 12.5 Å². The Labute approximate surface area is 135 Å². The highest BCUT2D eigenvalue weighted by Gasteiger charge is 2.13. The van der Waals surface area contributed by atoms with E-state index in [2.05, 4.69) is 40.3 Å². The predicted octanol–water partition coefficient (Wildman–Crippen LogP) is 2.50. The van der Waals surface area contributed by atoms with Crippen molar-refractivity contribution in [3.8, 4) is 0 Å². The van der Waals surface area contributed by atoms with Gasteiger partial charge in [0.25, 0.3) is 0 Å². The van der Waals surface area contributed by atoms with Crippen molar-refractivity contribution in [1.82, 2.24) is 5.32 Å². The highest BCUT2D eigenvalue weighted by molar-refractivity contribution is 9.10. The molecule has 0 spiro atoms. The van der Waals surface area contributed by atoms with E-state index >= 15 is 0 Å². The maximum Gasteiger partial charge on any atom is 0.222 e. The molecule has 1 amide bonds. The molecule has 0 saturated heterocycles. The van der Waals surface area contributed by atoms with Gasteiger partial charge in [0.15, 0.2) is 0 Å². The first-order chi connectivity index (χ1) is 10.1. The summed E-state index contributed by atoms with van der Waals surface area (Å²) >= 11 is 3.48. The minimum Gasteiger partial charge on any atom is -0.380 e. The molecule has 0 saturated carbocycles. The molecule has 0 aliphatic carbocycles. The summed E-state index contributed by atoms with van der Waals surface area (Å²) in [5.41, 5.74) is 6.80. The summed E-state index contributed by atoms with van der Waals surface area (Å²) in [4.78, 5) is 11.8. The summed E-state index contributed by atoms with van der Waals surface area (Å²) in [5, 5.41) is 2.98. The van der Waals surface area contributed by atoms with Crippen molar-refractivity contribution in [1.29, 1.82) is 0 Å². The van der Waals surface area contributed by atoms with E-state index in [1.165, 1.54) is 5.56 Å². The van der Waals surface area contributed by atoms with E-state index in [4.69, 9.17) is 10.5 Å². The van der Waals surface area contributed by atoms with E-state index in [1.54, 1.807) is 7.11 Å². The highest BCUT2D eigenvalue weighted by Crippen LogP contribution is 2.16. The number of nitrogens with two attached hydrogens (primary N) is 1. The van der Waals surface area contributed by atoms with Gasteiger partial charge in [-0.15, -0.1) is 0 Å². The maximum atomic E-state index is 11.8. The Morgan fingerprint density at radius 3 is 2.81 bits per heavy atom. The molecule has 1 aromatic rings. The van der Waals surface area contributed by atoms with Crippen LogP contribution in [-0.2, 0) is 16.0 Å². The Balaban J connectivity index is 2.42. The van der Waals surface area contributed by atoms with Crippen LogP contribution in [-0.4, -0.2) is 32.2 Å². The van der Waals surface area contributed by atoms with E-state index in [9.17, 15) is 4.79 Å². The van der Waals surface area contributed by atoms with Gasteiger partial charge in [-0.25, -0.2) is 0 Å². The van der Waals surface area contributed by atoms with E-state index in [0.29, 0.717) is 25.4 Å². The zero-order valence-electron chi connectivity index (χ0n) is 12.8. The van der Waals surface area contributed by atoms with Crippen molar-refractivity contribution in [2.45, 2.75) is 32.3 Å². The van der Waals surface area contributed by atoms with Crippen LogP contribution in [0, 0.1) is 5.92 Å². The fourth-order valence-corrected chi connectivity index (χ4v) is 2.60. The maximum absolute atomic E-state index is 11.8. The Morgan fingerprint density at radius 1 is 1.48 bits per heavy atom. The number of benzene rings is 1. The van der Waals surface area contributed by atoms with Gasteiger partial charge in [0.2, 0.25) is 5.91 Å². The number of amides is 1. The molecular formula is C16H25BrN2O2. The molecular weight excluding hydrogens is 332 g/mol. The van der Waals surface area contributed by atoms with Gasteiger partial charge in [0.1, 0.15) is 0 Å². The first-order valence-electron chi connectivity index (χ1n) is 7.33. The van der Waals surface area contributed by atoms with Crippen molar-refractivity contribution in [3.05, 3.63) is 34.3 Å². The van der Waals surface area contributed by atoms with Crippen molar-refractivity contribution in [3.63, 3.8) is 0 Å². The largest absolute Gasteiger partial charge is 0.380 e. The van der Waals surface area contributed by atoms with Crippen molar-refractivity contribution in [2.24, 2.45) is 11.7 Å². The minimum atomic E-state index is -0.199. The third-order valence-electron chi connectivity index (χ3n) is 3.59. The zero-order valence-corrected chi connectivity index (χ0v) is 14.4. The third kappa shape index (κ3) is 7.07. The summed E-state index contributed by atoms with van der Waals surface area (Å²) in [6.07, 6.45) is 2.11. The van der Waals surface area contributed by atoms with E-state index in [1.807, 2.05) is 12.1 Å². The normalized spacial score (nSPS) is 13.7. The number of ether oxygens (including phenoxy) is 1. The lowest BCUT2D eigenvalue weighted by Gasteiger charge is -2.17. The van der Waals surface area contributed by atoms with E-state index in [0.717, 1.165) is 17.3 Å². The smallest absolute Gasteiger partial charge is 0.222 e. The molecule has 21 heavy (non-hydrogen) atoms. The molecule has 2 atom stereocenters. The van der Waals surface area contributed by atoms with Crippen LogP contribution in [0.3, 0.4) is 0 Å². The van der Waals surface area contributed by atoms with Crippen LogP contribution in [0.2, 0.25) is 0 Å². The van der Waals surface area contributed by atoms with Crippen LogP contribution >= 0.6 is 15.9 Å². The van der Waals surface area contributed by atoms with Crippen molar-refractivity contribution >= 4 is 21.8 Å². The number of halogens is 1. The fraction of sp³-hybridized carbons (Fsp3) is 0.562. The predicted molar refractivity (Wildman–Crippen MR) is 89.1 cm³/mol. The van der Waals surface area contributed by atoms with Crippen LogP contribution in [0.4, 0.5) is 0 Å². The van der Waals surface area contributed by atoms with Gasteiger partial charge >= 0.3 is 0 Å². The van der Waals surface area contributed by atoms with E-state index < -0.39 is 0 Å². The number of methoxy groups -OCH3 is 1. The first-order valence-corrected chi connectivity index (χ1v) is 8.12. The second-order valence-electron chi connectivity index (χ2n) is 5.21. The topological polar surface area (TPSA) is 64.4 Å². The van der Waals surface area contributed by atoms with Gasteiger partial charge in [-0.1, -0.05) is 41.4 Å². The number of rotatable bonds is 9. The first kappa shape index (κ1) is 18.1. The Bertz CT molecular complexity index is 436. The molecule has 0 aliphatic heterocycles. The molecule has 3 N–H and O–H groups in total. The minimum absolute atomic E-state index is 0.00000719. The molecule has 0 aromatic heterocycles. The van der Waals surface area contributed by atoms with Gasteiger partial charge in [-0.3, -0.25) is 4.79 Å². The number of hydrogen-bond acceptors (Lipinski definition) is 3. The lowest BCUT2D eigenvalue weighted by Crippen LogP contribution is -2.35. The quantitative estimate of drug-likeness (QED) is 0.714. The standard InChI is InChI=1S/C16H25BrN2O2/c1-3-12(7-13-5-4-6-14(17)8-13)11-19-16(20)9-15(10-18)21-2/h4-6,8,12,15H,3,7,9-11,18H2,1-2H3,(H,19,20). The zero-order chi connectivity index (χ0) is 15.7. The molecule has 2 unspecified atom stereocenters. The van der Waals surface area contributed by atoms with Crippen molar-refractivity contribution in [2.75, 3.05) is 20.2 Å². The van der Waals surface area contributed by atoms with Gasteiger partial charge in [0, 0.05) is 24.7 Å². The summed E-state index contributed by atoms with van der Waals surface area (Å²) < 4.78 is 6.21. The molecule has 4 nitrogen and oxygen atoms in total. The monoisotopic (exact) mass is 356 g/mol. The summed E-state index contributed by atoms with van der Waals surface area (Å²) in [6, 6.07) is 8.30. The molecule has 0 fully saturated rings. The summed E-state index contributed by atoms with van der Waals surface area (Å²) in [5.74, 6) is 0.433. The Kier molecular flexibility index (Phi) is 8.57. The molecule has 0 aliphatic rings. The molecule has 5 heteroatoms. The molecule has 0 heterocycles. The van der Waals surface area contributed by atoms with Crippen LogP contribution in [0.25, 0.3) is 0 Å². The van der Waals surface area contributed by atoms with E-state index in [-0.39, 0.29) is 12.0 Å². The van der Waals surface area contributed by atoms with Gasteiger partial charge in [-0.05, 0) is 30.0 Å². The molecule has 118 valence electrons. The second-order valence-corrected chi connectivity index (χ2v) is 6.13. The second kappa shape index (κ2) is 9.92. The average molecular weight is 357 g/mol. The molecule has 1 aromatic carbocycles. The third-order valence-corrected chi connectivity index (χ3v) is 4.08. The lowest BCUT2D eigenvalue weighted by atomic mass is 9.97. The molecule has 0 radical (unpaired) electrons.